The van der Waals surface area contributed by atoms with Crippen LogP contribution in [0.2, 0.25) is 0 Å². The van der Waals surface area contributed by atoms with Gasteiger partial charge in [0.15, 0.2) is 0 Å². The molecular weight excluding hydrogens is 306 g/mol. The third-order valence-electron chi connectivity index (χ3n) is 3.28. The molecule has 124 valence electrons. The molecule has 0 spiro atoms. The van der Waals surface area contributed by atoms with Crippen molar-refractivity contribution in [3.05, 3.63) is 58.7 Å². The van der Waals surface area contributed by atoms with Crippen molar-refractivity contribution in [1.29, 1.82) is 0 Å². The molecule has 2 aromatic rings. The average Bonchev–Trinajstić information content (AvgIpc) is 2.55. The summed E-state index contributed by atoms with van der Waals surface area (Å²) in [4.78, 5) is 0. The molecule has 0 unspecified atom stereocenters. The zero-order valence-corrected chi connectivity index (χ0v) is 13.4. The topological polar surface area (TPSA) is 116 Å². The van der Waals surface area contributed by atoms with Gasteiger partial charge in [0.1, 0.15) is 11.5 Å². The first kappa shape index (κ1) is 17.0. The first-order valence-corrected chi connectivity index (χ1v) is 7.21. The standard InChI is InChI=1S/C17H19N5O2/c1-11-5-3-7-13(15(11)23)9-19-21-17(18)22-20-10-14-8-4-6-12(2)16(14)24/h3-10,23-24H,1-2H3,(H3,18,21,22)/b19-9+,20-10+. The van der Waals surface area contributed by atoms with Gasteiger partial charge in [0, 0.05) is 11.1 Å². The Balaban J connectivity index is 1.99. The molecule has 0 saturated heterocycles. The third kappa shape index (κ3) is 4.33. The number of nitrogens with two attached hydrogens (primary N) is 1. The fourth-order valence-electron chi connectivity index (χ4n) is 1.92. The predicted molar refractivity (Wildman–Crippen MR) is 95.6 cm³/mol. The minimum atomic E-state index is -0.0261. The van der Waals surface area contributed by atoms with Crippen LogP contribution in [-0.4, -0.2) is 28.6 Å². The Kier molecular flexibility index (Phi) is 5.51. The van der Waals surface area contributed by atoms with Gasteiger partial charge < -0.3 is 15.9 Å². The van der Waals surface area contributed by atoms with Gasteiger partial charge in [-0.2, -0.15) is 10.2 Å². The molecule has 0 aliphatic heterocycles. The largest absolute Gasteiger partial charge is 0.507 e. The molecule has 24 heavy (non-hydrogen) atoms. The van der Waals surface area contributed by atoms with Crippen LogP contribution >= 0.6 is 0 Å². The van der Waals surface area contributed by atoms with E-state index in [2.05, 4.69) is 20.7 Å². The fourth-order valence-corrected chi connectivity index (χ4v) is 1.92. The number of hydrazone groups is 1. The van der Waals surface area contributed by atoms with Gasteiger partial charge in [0.2, 0.25) is 5.96 Å². The van der Waals surface area contributed by atoms with Crippen molar-refractivity contribution in [2.45, 2.75) is 13.8 Å². The van der Waals surface area contributed by atoms with Crippen molar-refractivity contribution in [1.82, 2.24) is 5.43 Å². The van der Waals surface area contributed by atoms with E-state index in [1.54, 1.807) is 44.2 Å². The highest BCUT2D eigenvalue weighted by Crippen LogP contribution is 2.20. The summed E-state index contributed by atoms with van der Waals surface area (Å²) in [6.07, 6.45) is 2.83. The Bertz CT molecular complexity index is 813. The van der Waals surface area contributed by atoms with Gasteiger partial charge in [-0.3, -0.25) is 0 Å². The lowest BCUT2D eigenvalue weighted by Crippen LogP contribution is -2.26. The molecular formula is C17H19N5O2. The maximum Gasteiger partial charge on any atom is 0.234 e. The van der Waals surface area contributed by atoms with Gasteiger partial charge in [-0.25, -0.2) is 5.43 Å². The van der Waals surface area contributed by atoms with Crippen molar-refractivity contribution in [2.75, 3.05) is 0 Å². The average molecular weight is 325 g/mol. The zero-order chi connectivity index (χ0) is 17.5. The molecule has 0 aromatic heterocycles. The van der Waals surface area contributed by atoms with Gasteiger partial charge >= 0.3 is 0 Å². The first-order valence-electron chi connectivity index (χ1n) is 7.21. The second kappa shape index (κ2) is 7.77. The van der Waals surface area contributed by atoms with E-state index >= 15 is 0 Å². The van der Waals surface area contributed by atoms with E-state index in [4.69, 9.17) is 5.73 Å². The number of aryl methyl sites for hydroxylation is 2. The van der Waals surface area contributed by atoms with Crippen molar-refractivity contribution < 1.29 is 10.2 Å². The van der Waals surface area contributed by atoms with Crippen LogP contribution in [0, 0.1) is 13.8 Å². The number of phenolic OH excluding ortho intramolecular Hbond substituents is 2. The summed E-state index contributed by atoms with van der Waals surface area (Å²) >= 11 is 0. The maximum atomic E-state index is 9.85. The molecule has 2 aromatic carbocycles. The number of para-hydroxylation sites is 2. The lowest BCUT2D eigenvalue weighted by atomic mass is 10.1. The molecule has 0 aliphatic rings. The fraction of sp³-hybridized carbons (Fsp3) is 0.118. The van der Waals surface area contributed by atoms with Gasteiger partial charge in [-0.1, -0.05) is 24.3 Å². The molecule has 5 N–H and O–H groups in total. The van der Waals surface area contributed by atoms with Crippen LogP contribution in [0.1, 0.15) is 22.3 Å². The lowest BCUT2D eigenvalue weighted by molar-refractivity contribution is 0.470. The Morgan fingerprint density at radius 3 is 2.08 bits per heavy atom. The molecule has 0 heterocycles. The summed E-state index contributed by atoms with van der Waals surface area (Å²) in [7, 11) is 0. The van der Waals surface area contributed by atoms with Gasteiger partial charge in [0.05, 0.1) is 12.4 Å². The highest BCUT2D eigenvalue weighted by Gasteiger charge is 2.01. The van der Waals surface area contributed by atoms with Gasteiger partial charge in [0.25, 0.3) is 0 Å². The van der Waals surface area contributed by atoms with Crippen molar-refractivity contribution in [3.8, 4) is 11.5 Å². The van der Waals surface area contributed by atoms with Crippen LogP contribution in [0.4, 0.5) is 0 Å². The molecule has 0 bridgehead atoms. The summed E-state index contributed by atoms with van der Waals surface area (Å²) in [5, 5.41) is 31.1. The minimum absolute atomic E-state index is 0.0261. The molecule has 0 aliphatic carbocycles. The molecule has 0 saturated carbocycles. The smallest absolute Gasteiger partial charge is 0.234 e. The zero-order valence-electron chi connectivity index (χ0n) is 13.4. The van der Waals surface area contributed by atoms with Gasteiger partial charge in [-0.05, 0) is 37.1 Å². The Morgan fingerprint density at radius 1 is 0.958 bits per heavy atom. The maximum absolute atomic E-state index is 9.85. The van der Waals surface area contributed by atoms with Gasteiger partial charge in [-0.15, -0.1) is 5.10 Å². The van der Waals surface area contributed by atoms with Crippen LogP contribution in [0.3, 0.4) is 0 Å². The van der Waals surface area contributed by atoms with Crippen molar-refractivity contribution >= 4 is 18.4 Å². The summed E-state index contributed by atoms with van der Waals surface area (Å²) < 4.78 is 0. The van der Waals surface area contributed by atoms with E-state index in [1.807, 2.05) is 6.07 Å². The van der Waals surface area contributed by atoms with Crippen LogP contribution in [0.15, 0.2) is 51.7 Å². The quantitative estimate of drug-likeness (QED) is 0.391. The van der Waals surface area contributed by atoms with Crippen LogP contribution in [0.25, 0.3) is 0 Å². The van der Waals surface area contributed by atoms with Crippen LogP contribution in [0.5, 0.6) is 11.5 Å². The first-order chi connectivity index (χ1) is 11.5. The lowest BCUT2D eigenvalue weighted by Gasteiger charge is -2.02. The molecule has 7 heteroatoms. The number of hydrogen-bond donors (Lipinski definition) is 4. The van der Waals surface area contributed by atoms with E-state index in [-0.39, 0.29) is 17.5 Å². The minimum Gasteiger partial charge on any atom is -0.507 e. The number of rotatable bonds is 4. The second-order valence-corrected chi connectivity index (χ2v) is 5.13. The number of phenols is 2. The summed E-state index contributed by atoms with van der Waals surface area (Å²) in [6.45, 7) is 3.59. The molecule has 2 rings (SSSR count). The normalized spacial score (nSPS) is 12.2. The number of benzene rings is 2. The summed E-state index contributed by atoms with van der Waals surface area (Å²) in [5.74, 6) is 0.282. The van der Waals surface area contributed by atoms with E-state index in [1.165, 1.54) is 12.4 Å². The molecule has 0 atom stereocenters. The number of hydrogen-bond acceptors (Lipinski definition) is 5. The Morgan fingerprint density at radius 2 is 1.50 bits per heavy atom. The number of guanidine groups is 1. The second-order valence-electron chi connectivity index (χ2n) is 5.13. The van der Waals surface area contributed by atoms with E-state index in [0.717, 1.165) is 11.1 Å². The van der Waals surface area contributed by atoms with Crippen LogP contribution in [-0.2, 0) is 0 Å². The predicted octanol–water partition coefficient (Wildman–Crippen LogP) is 1.99. The third-order valence-corrected chi connectivity index (χ3v) is 3.28. The van der Waals surface area contributed by atoms with E-state index in [0.29, 0.717) is 11.1 Å². The SMILES string of the molecule is Cc1cccc(/C=N/N=C(N)N/N=C/c2cccc(C)c2O)c1O. The number of nitrogens with zero attached hydrogens (tertiary/aromatic N) is 3. The summed E-state index contributed by atoms with van der Waals surface area (Å²) in [6, 6.07) is 10.6. The highest BCUT2D eigenvalue weighted by atomic mass is 16.3. The van der Waals surface area contributed by atoms with Crippen molar-refractivity contribution in [2.24, 2.45) is 21.0 Å². The van der Waals surface area contributed by atoms with Crippen molar-refractivity contribution in [3.63, 3.8) is 0 Å². The Labute approximate surface area is 139 Å². The molecule has 7 nitrogen and oxygen atoms in total. The Hall–Kier alpha value is -3.35. The van der Waals surface area contributed by atoms with Crippen LogP contribution < -0.4 is 11.2 Å². The van der Waals surface area contributed by atoms with E-state index in [9.17, 15) is 10.2 Å². The molecule has 0 amide bonds. The monoisotopic (exact) mass is 325 g/mol. The number of nitrogens with one attached hydrogen (secondary N) is 1. The highest BCUT2D eigenvalue weighted by molar-refractivity contribution is 5.87. The number of aromatic hydroxyl groups is 2. The molecule has 0 fully saturated rings. The summed E-state index contributed by atoms with van der Waals surface area (Å²) in [5.41, 5.74) is 10.7. The van der Waals surface area contributed by atoms with E-state index < -0.39 is 0 Å². The molecule has 0 radical (unpaired) electrons.